The smallest absolute Gasteiger partial charge is 0.317 e. The molecule has 1 rings (SSSR count). The highest BCUT2D eigenvalue weighted by molar-refractivity contribution is 7.10. The molecule has 5 heteroatoms. The molecule has 4 nitrogen and oxygen atoms in total. The highest BCUT2D eigenvalue weighted by Crippen LogP contribution is 2.05. The first kappa shape index (κ1) is 11.4. The number of esters is 1. The molecule has 15 heavy (non-hydrogen) atoms. The maximum atomic E-state index is 10.9. The van der Waals surface area contributed by atoms with Gasteiger partial charge in [0.2, 0.25) is 0 Å². The Hall–Kier alpha value is -1.67. The average molecular weight is 223 g/mol. The lowest BCUT2D eigenvalue weighted by Crippen LogP contribution is -2.01. The minimum atomic E-state index is -0.350. The van der Waals surface area contributed by atoms with E-state index in [2.05, 4.69) is 16.8 Å². The molecule has 1 heterocycles. The molecule has 0 unspecified atom stereocenters. The summed E-state index contributed by atoms with van der Waals surface area (Å²) in [5.74, 6) is 4.97. The molecule has 0 N–H and O–H groups in total. The van der Waals surface area contributed by atoms with Crippen molar-refractivity contribution in [3.8, 4) is 11.8 Å². The lowest BCUT2D eigenvalue weighted by molar-refractivity contribution is -0.141. The van der Waals surface area contributed by atoms with Gasteiger partial charge < -0.3 is 4.74 Å². The number of hydrogen-bond donors (Lipinski definition) is 0. The van der Waals surface area contributed by atoms with Crippen molar-refractivity contribution in [2.45, 2.75) is 13.3 Å². The molecule has 78 valence electrons. The summed E-state index contributed by atoms with van der Waals surface area (Å²) in [5, 5.41) is 2.14. The molecule has 0 saturated heterocycles. The lowest BCUT2D eigenvalue weighted by Gasteiger charge is -1.94. The summed E-state index contributed by atoms with van der Waals surface area (Å²) in [7, 11) is 0. The van der Waals surface area contributed by atoms with Gasteiger partial charge in [-0.1, -0.05) is 5.92 Å². The summed E-state index contributed by atoms with van der Waals surface area (Å²) in [4.78, 5) is 25.1. The predicted molar refractivity (Wildman–Crippen MR) is 55.6 cm³/mol. The second-order valence-corrected chi connectivity index (χ2v) is 3.34. The number of aromatic nitrogens is 1. The van der Waals surface area contributed by atoms with Crippen LogP contribution in [0.25, 0.3) is 0 Å². The molecule has 0 fully saturated rings. The van der Waals surface area contributed by atoms with Crippen molar-refractivity contribution in [1.29, 1.82) is 0 Å². The van der Waals surface area contributed by atoms with Gasteiger partial charge >= 0.3 is 5.97 Å². The molecule has 0 radical (unpaired) electrons. The first-order valence-corrected chi connectivity index (χ1v) is 5.19. The van der Waals surface area contributed by atoms with Crippen molar-refractivity contribution in [2.24, 2.45) is 0 Å². The number of carbonyl (C=O) groups excluding carboxylic acids is 2. The van der Waals surface area contributed by atoms with Gasteiger partial charge in [-0.15, -0.1) is 11.3 Å². The Labute approximate surface area is 91.3 Å². The normalized spacial score (nSPS) is 8.87. The fraction of sp³-hybridized carbons (Fsp3) is 0.300. The molecule has 0 amide bonds. The Balaban J connectivity index is 2.50. The third-order valence-electron chi connectivity index (χ3n) is 1.38. The molecule has 0 atom stereocenters. The Bertz CT molecular complexity index is 414. The van der Waals surface area contributed by atoms with Gasteiger partial charge in [0.05, 0.1) is 6.61 Å². The number of carbonyl (C=O) groups is 2. The van der Waals surface area contributed by atoms with Crippen molar-refractivity contribution >= 4 is 23.6 Å². The zero-order valence-corrected chi connectivity index (χ0v) is 8.97. The van der Waals surface area contributed by atoms with Crippen LogP contribution in [-0.4, -0.2) is 23.8 Å². The van der Waals surface area contributed by atoms with Crippen molar-refractivity contribution in [3.05, 3.63) is 16.1 Å². The van der Waals surface area contributed by atoms with Gasteiger partial charge in [0.1, 0.15) is 12.1 Å². The Morgan fingerprint density at radius 2 is 2.53 bits per heavy atom. The van der Waals surface area contributed by atoms with Crippen LogP contribution in [0.4, 0.5) is 0 Å². The molecule has 0 aliphatic carbocycles. The number of nitrogens with zero attached hydrogens (tertiary/aromatic N) is 1. The maximum absolute atomic E-state index is 10.9. The van der Waals surface area contributed by atoms with Crippen LogP contribution < -0.4 is 0 Å². The summed E-state index contributed by atoms with van der Waals surface area (Å²) >= 11 is 1.27. The van der Waals surface area contributed by atoms with E-state index >= 15 is 0 Å². The van der Waals surface area contributed by atoms with E-state index in [0.717, 1.165) is 0 Å². The molecule has 0 aromatic carbocycles. The van der Waals surface area contributed by atoms with E-state index in [1.165, 1.54) is 11.3 Å². The van der Waals surface area contributed by atoms with Crippen molar-refractivity contribution < 1.29 is 14.3 Å². The van der Waals surface area contributed by atoms with Crippen LogP contribution in [0.5, 0.6) is 0 Å². The summed E-state index contributed by atoms with van der Waals surface area (Å²) in [6.45, 7) is 2.09. The van der Waals surface area contributed by atoms with E-state index in [4.69, 9.17) is 4.74 Å². The van der Waals surface area contributed by atoms with Gasteiger partial charge in [0, 0.05) is 5.38 Å². The monoisotopic (exact) mass is 223 g/mol. The van der Waals surface area contributed by atoms with Crippen LogP contribution in [0, 0.1) is 11.8 Å². The highest BCUT2D eigenvalue weighted by Gasteiger charge is 1.98. The second kappa shape index (κ2) is 5.94. The van der Waals surface area contributed by atoms with E-state index in [0.29, 0.717) is 23.6 Å². The van der Waals surface area contributed by atoms with Crippen LogP contribution >= 0.6 is 11.3 Å². The third-order valence-corrected chi connectivity index (χ3v) is 2.15. The number of thiazole rings is 1. The van der Waals surface area contributed by atoms with Crippen LogP contribution in [0.1, 0.15) is 28.8 Å². The largest absolute Gasteiger partial charge is 0.465 e. The van der Waals surface area contributed by atoms with Crippen LogP contribution in [0.15, 0.2) is 5.38 Å². The standard InChI is InChI=1S/C10H9NO3S/c1-2-14-10(13)5-3-4-9-11-8(6-12)7-15-9/h6-7H,2,5H2,1H3. The topological polar surface area (TPSA) is 56.3 Å². The fourth-order valence-electron chi connectivity index (χ4n) is 0.802. The van der Waals surface area contributed by atoms with Crippen LogP contribution in [0.3, 0.4) is 0 Å². The van der Waals surface area contributed by atoms with Crippen molar-refractivity contribution in [2.75, 3.05) is 6.61 Å². The summed E-state index contributed by atoms with van der Waals surface area (Å²) in [6, 6.07) is 0. The highest BCUT2D eigenvalue weighted by atomic mass is 32.1. The molecule has 0 saturated carbocycles. The first-order valence-electron chi connectivity index (χ1n) is 4.31. The molecule has 0 aliphatic rings. The molecule has 1 aromatic rings. The van der Waals surface area contributed by atoms with E-state index < -0.39 is 0 Å². The average Bonchev–Trinajstić information content (AvgIpc) is 2.66. The zero-order chi connectivity index (χ0) is 11.1. The van der Waals surface area contributed by atoms with Gasteiger partial charge in [-0.05, 0) is 12.8 Å². The minimum Gasteiger partial charge on any atom is -0.465 e. The third kappa shape index (κ3) is 3.92. The van der Waals surface area contributed by atoms with Crippen LogP contribution in [-0.2, 0) is 9.53 Å². The van der Waals surface area contributed by atoms with Crippen molar-refractivity contribution in [3.63, 3.8) is 0 Å². The molecule has 1 aromatic heterocycles. The number of ether oxygens (including phenoxy) is 1. The van der Waals surface area contributed by atoms with Gasteiger partial charge in [0.15, 0.2) is 11.3 Å². The predicted octanol–water partition coefficient (Wildman–Crippen LogP) is 1.26. The van der Waals surface area contributed by atoms with E-state index in [9.17, 15) is 9.59 Å². The first-order chi connectivity index (χ1) is 7.26. The second-order valence-electron chi connectivity index (χ2n) is 2.48. The molecule has 0 aliphatic heterocycles. The van der Waals surface area contributed by atoms with E-state index in [1.807, 2.05) is 0 Å². The zero-order valence-electron chi connectivity index (χ0n) is 8.15. The minimum absolute atomic E-state index is 0.0455. The Kier molecular flexibility index (Phi) is 4.51. The molecular weight excluding hydrogens is 214 g/mol. The van der Waals surface area contributed by atoms with E-state index in [1.54, 1.807) is 12.3 Å². The SMILES string of the molecule is CCOC(=O)CC#Cc1nc(C=O)cs1. The summed E-state index contributed by atoms with van der Waals surface area (Å²) < 4.78 is 4.69. The van der Waals surface area contributed by atoms with Gasteiger partial charge in [0.25, 0.3) is 0 Å². The molecule has 0 spiro atoms. The number of hydrogen-bond acceptors (Lipinski definition) is 5. The molecule has 0 bridgehead atoms. The van der Waals surface area contributed by atoms with Crippen molar-refractivity contribution in [1.82, 2.24) is 4.98 Å². The Morgan fingerprint density at radius 1 is 1.73 bits per heavy atom. The van der Waals surface area contributed by atoms with Gasteiger partial charge in [-0.3, -0.25) is 9.59 Å². The number of aldehydes is 1. The molecular formula is C10H9NO3S. The fourth-order valence-corrected chi connectivity index (χ4v) is 1.43. The van der Waals surface area contributed by atoms with E-state index in [-0.39, 0.29) is 12.4 Å². The van der Waals surface area contributed by atoms with Gasteiger partial charge in [-0.2, -0.15) is 0 Å². The number of rotatable bonds is 3. The maximum Gasteiger partial charge on any atom is 0.317 e. The van der Waals surface area contributed by atoms with Gasteiger partial charge in [-0.25, -0.2) is 4.98 Å². The summed E-state index contributed by atoms with van der Waals surface area (Å²) in [6.07, 6.45) is 0.705. The Morgan fingerprint density at radius 3 is 3.13 bits per heavy atom. The lowest BCUT2D eigenvalue weighted by atomic mass is 10.4. The van der Waals surface area contributed by atoms with Crippen LogP contribution in [0.2, 0.25) is 0 Å². The summed E-state index contributed by atoms with van der Waals surface area (Å²) in [5.41, 5.74) is 0.362. The quantitative estimate of drug-likeness (QED) is 0.440.